The molecule has 12 nitrogen and oxygen atoms in total. The van der Waals surface area contributed by atoms with Crippen molar-refractivity contribution in [2.75, 3.05) is 33.2 Å². The predicted molar refractivity (Wildman–Crippen MR) is 160 cm³/mol. The molecule has 0 saturated carbocycles. The zero-order valence-corrected chi connectivity index (χ0v) is 24.9. The smallest absolute Gasteiger partial charge is 0.263 e. The van der Waals surface area contributed by atoms with Crippen LogP contribution in [0.15, 0.2) is 41.5 Å². The number of amides is 3. The minimum Gasteiger partial charge on any atom is -0.358 e. The highest BCUT2D eigenvalue weighted by atomic mass is 16.2. The van der Waals surface area contributed by atoms with Gasteiger partial charge in [-0.05, 0) is 49.6 Å². The molecule has 4 bridgehead atoms. The number of hydrogen-bond donors (Lipinski definition) is 2. The molecule has 43 heavy (non-hydrogen) atoms. The van der Waals surface area contributed by atoms with E-state index in [0.717, 1.165) is 33.3 Å². The van der Waals surface area contributed by atoms with E-state index in [2.05, 4.69) is 46.6 Å². The monoisotopic (exact) mass is 584 g/mol. The largest absolute Gasteiger partial charge is 0.358 e. The summed E-state index contributed by atoms with van der Waals surface area (Å²) >= 11 is 0. The third-order valence-corrected chi connectivity index (χ3v) is 8.82. The number of H-pyrrole nitrogens is 1. The van der Waals surface area contributed by atoms with Crippen molar-refractivity contribution in [3.05, 3.63) is 80.7 Å². The van der Waals surface area contributed by atoms with Gasteiger partial charge in [0.05, 0.1) is 25.2 Å². The van der Waals surface area contributed by atoms with Gasteiger partial charge in [0, 0.05) is 68.4 Å². The Hall–Kier alpha value is -4.74. The van der Waals surface area contributed by atoms with Gasteiger partial charge < -0.3 is 24.7 Å². The quantitative estimate of drug-likeness (QED) is 0.368. The molecule has 12 heteroatoms. The number of carbonyl (C=O) groups excluding carboxylic acids is 3. The summed E-state index contributed by atoms with van der Waals surface area (Å²) in [6, 6.07) is 7.07. The second kappa shape index (κ2) is 11.2. The number of carbonyl (C=O) groups is 3. The number of nitrogens with zero attached hydrogens (tertiary/aromatic N) is 6. The summed E-state index contributed by atoms with van der Waals surface area (Å²) in [5, 5.41) is 12.7. The van der Waals surface area contributed by atoms with Crippen molar-refractivity contribution in [3.63, 3.8) is 0 Å². The van der Waals surface area contributed by atoms with Crippen LogP contribution in [0.3, 0.4) is 0 Å². The van der Waals surface area contributed by atoms with E-state index in [-0.39, 0.29) is 61.8 Å². The van der Waals surface area contributed by atoms with Crippen molar-refractivity contribution in [1.82, 2.24) is 39.7 Å². The lowest BCUT2D eigenvalue weighted by molar-refractivity contribution is -0.130. The second-order valence-corrected chi connectivity index (χ2v) is 11.8. The van der Waals surface area contributed by atoms with E-state index in [1.54, 1.807) is 30.2 Å². The first kappa shape index (κ1) is 28.4. The Bertz CT molecular complexity index is 1800. The fourth-order valence-electron chi connectivity index (χ4n) is 6.38. The molecule has 2 N–H and O–H groups in total. The molecule has 3 aromatic heterocycles. The Morgan fingerprint density at radius 3 is 2.67 bits per heavy atom. The maximum atomic E-state index is 13.8. The van der Waals surface area contributed by atoms with E-state index < -0.39 is 11.5 Å². The number of benzene rings is 1. The number of pyridine rings is 1. The van der Waals surface area contributed by atoms with Gasteiger partial charge in [0.25, 0.3) is 11.5 Å². The highest BCUT2D eigenvalue weighted by molar-refractivity contribution is 5.94. The van der Waals surface area contributed by atoms with Crippen LogP contribution >= 0.6 is 0 Å². The Balaban J connectivity index is 1.29. The standard InChI is InChI=1S/C31H36N8O4/c1-18-7-8-19(2)29-28(18)24(20(3)33-29)13-27(41)38-14-21-12-26(40)32-9-11-36(4)30(42)23-6-5-10-37(31(23)43)15-22-16-39(35-34-22)25(21)17-38/h5-8,10,16,21,25,33H,9,11-15,17H2,1-4H3,(H,32,40)/t21-,25+/m0/s1. The average molecular weight is 585 g/mol. The van der Waals surface area contributed by atoms with Gasteiger partial charge >= 0.3 is 0 Å². The summed E-state index contributed by atoms with van der Waals surface area (Å²) in [5.74, 6) is -0.777. The van der Waals surface area contributed by atoms with Crippen molar-refractivity contribution < 1.29 is 14.4 Å². The molecule has 1 aromatic carbocycles. The Morgan fingerprint density at radius 1 is 1.07 bits per heavy atom. The van der Waals surface area contributed by atoms with Gasteiger partial charge in [-0.25, -0.2) is 4.68 Å². The van der Waals surface area contributed by atoms with Crippen LogP contribution in [0.4, 0.5) is 0 Å². The zero-order chi connectivity index (χ0) is 30.4. The number of aryl methyl sites for hydroxylation is 3. The number of likely N-dealkylation sites (tertiary alicyclic amines) is 1. The molecule has 6 rings (SSSR count). The first-order valence-electron chi connectivity index (χ1n) is 14.6. The summed E-state index contributed by atoms with van der Waals surface area (Å²) in [4.78, 5) is 59.6. The SMILES string of the molecule is Cc1[nH]c2c(C)ccc(C)c2c1CC(=O)N1C[C@@H]2CC(=O)NCCN(C)C(=O)c3cccn(c3=O)Cc3cn(nn3)[C@@H]2C1. The highest BCUT2D eigenvalue weighted by Gasteiger charge is 2.38. The van der Waals surface area contributed by atoms with Gasteiger partial charge in [-0.15, -0.1) is 5.10 Å². The van der Waals surface area contributed by atoms with Crippen LogP contribution < -0.4 is 10.9 Å². The number of rotatable bonds is 2. The molecule has 0 aliphatic carbocycles. The summed E-state index contributed by atoms with van der Waals surface area (Å²) < 4.78 is 3.16. The lowest BCUT2D eigenvalue weighted by Crippen LogP contribution is -2.39. The first-order chi connectivity index (χ1) is 20.6. The maximum absolute atomic E-state index is 13.8. The molecule has 224 valence electrons. The van der Waals surface area contributed by atoms with Crippen molar-refractivity contribution in [2.45, 2.75) is 46.2 Å². The van der Waals surface area contributed by atoms with E-state index in [4.69, 9.17) is 0 Å². The minimum absolute atomic E-state index is 0.00690. The molecule has 2 atom stereocenters. The van der Waals surface area contributed by atoms with Gasteiger partial charge in [0.15, 0.2) is 0 Å². The number of aromatic nitrogens is 5. The predicted octanol–water partition coefficient (Wildman–Crippen LogP) is 1.73. The van der Waals surface area contributed by atoms with E-state index in [0.29, 0.717) is 18.8 Å². The minimum atomic E-state index is -0.418. The number of nitrogens with one attached hydrogen (secondary N) is 2. The Kier molecular flexibility index (Phi) is 7.37. The lowest BCUT2D eigenvalue weighted by atomic mass is 9.99. The molecule has 4 aromatic rings. The van der Waals surface area contributed by atoms with Crippen molar-refractivity contribution in [1.29, 1.82) is 0 Å². The molecular formula is C31H36N8O4. The Morgan fingerprint density at radius 2 is 1.86 bits per heavy atom. The summed E-state index contributed by atoms with van der Waals surface area (Å²) in [5.41, 5.74) is 5.47. The van der Waals surface area contributed by atoms with E-state index in [9.17, 15) is 19.2 Å². The second-order valence-electron chi connectivity index (χ2n) is 11.8. The molecule has 1 saturated heterocycles. The molecule has 1 fully saturated rings. The molecular weight excluding hydrogens is 548 g/mol. The van der Waals surface area contributed by atoms with Crippen LogP contribution in [0.1, 0.15) is 50.9 Å². The molecule has 2 aliphatic heterocycles. The third-order valence-electron chi connectivity index (χ3n) is 8.82. The molecule has 5 heterocycles. The van der Waals surface area contributed by atoms with Crippen LogP contribution in [-0.4, -0.2) is 85.3 Å². The van der Waals surface area contributed by atoms with Gasteiger partial charge in [-0.2, -0.15) is 0 Å². The van der Waals surface area contributed by atoms with E-state index >= 15 is 0 Å². The third kappa shape index (κ3) is 5.33. The normalized spacial score (nSPS) is 19.5. The summed E-state index contributed by atoms with van der Waals surface area (Å²) in [6.07, 6.45) is 3.84. The van der Waals surface area contributed by atoms with Crippen molar-refractivity contribution >= 4 is 28.6 Å². The molecule has 0 unspecified atom stereocenters. The number of hydrogen-bond acceptors (Lipinski definition) is 6. The summed E-state index contributed by atoms with van der Waals surface area (Å²) in [6.45, 7) is 7.56. The van der Waals surface area contributed by atoms with Gasteiger partial charge in [-0.1, -0.05) is 17.3 Å². The molecule has 3 amide bonds. The van der Waals surface area contributed by atoms with Crippen LogP contribution in [0.5, 0.6) is 0 Å². The number of aromatic amines is 1. The fraction of sp³-hybridized carbons (Fsp3) is 0.419. The topological polar surface area (TPSA) is 138 Å². The van der Waals surface area contributed by atoms with Crippen LogP contribution in [-0.2, 0) is 22.6 Å². The van der Waals surface area contributed by atoms with Gasteiger partial charge in [0.2, 0.25) is 11.8 Å². The average Bonchev–Trinajstić information content (AvgIpc) is 3.69. The zero-order valence-electron chi connectivity index (χ0n) is 24.9. The molecule has 0 radical (unpaired) electrons. The van der Waals surface area contributed by atoms with Gasteiger partial charge in [-0.3, -0.25) is 19.2 Å². The van der Waals surface area contributed by atoms with E-state index in [1.165, 1.54) is 15.5 Å². The number of fused-ring (bicyclic) bond motifs is 7. The lowest BCUT2D eigenvalue weighted by Gasteiger charge is -2.20. The Labute approximate surface area is 248 Å². The van der Waals surface area contributed by atoms with Crippen LogP contribution in [0.2, 0.25) is 0 Å². The van der Waals surface area contributed by atoms with Crippen LogP contribution in [0.25, 0.3) is 10.9 Å². The maximum Gasteiger partial charge on any atom is 0.263 e. The van der Waals surface area contributed by atoms with Gasteiger partial charge in [0.1, 0.15) is 11.3 Å². The molecule has 2 aliphatic rings. The summed E-state index contributed by atoms with van der Waals surface area (Å²) in [7, 11) is 1.61. The van der Waals surface area contributed by atoms with E-state index in [1.807, 2.05) is 11.8 Å². The van der Waals surface area contributed by atoms with Crippen molar-refractivity contribution in [3.8, 4) is 0 Å². The first-order valence-corrected chi connectivity index (χ1v) is 14.6. The fourth-order valence-corrected chi connectivity index (χ4v) is 6.38. The van der Waals surface area contributed by atoms with Crippen LogP contribution in [0, 0.1) is 26.7 Å². The number of likely N-dealkylation sites (N-methyl/N-ethyl adjacent to an activating group) is 1. The highest BCUT2D eigenvalue weighted by Crippen LogP contribution is 2.33. The molecule has 0 spiro atoms. The van der Waals surface area contributed by atoms with Crippen molar-refractivity contribution in [2.24, 2.45) is 5.92 Å².